The smallest absolute Gasteiger partial charge is 0.0435 e. The maximum atomic E-state index is 5.20. The van der Waals surface area contributed by atoms with Crippen molar-refractivity contribution in [1.29, 1.82) is 0 Å². The molecule has 2 aromatic heterocycles. The van der Waals surface area contributed by atoms with E-state index in [4.69, 9.17) is 6.30 Å². The van der Waals surface area contributed by atoms with Crippen molar-refractivity contribution in [2.24, 2.45) is 0 Å². The van der Waals surface area contributed by atoms with Crippen LogP contribution in [-0.2, 0) is 0 Å². The zero-order chi connectivity index (χ0) is 22.7. The van der Waals surface area contributed by atoms with Crippen LogP contribution in [0, 0.1) is 0 Å². The van der Waals surface area contributed by atoms with E-state index in [1.807, 2.05) is 22.7 Å². The van der Waals surface area contributed by atoms with Crippen molar-refractivity contribution in [2.75, 3.05) is 0 Å². The second kappa shape index (κ2) is 7.68. The molecule has 0 nitrogen and oxygen atoms in total. The molecule has 0 bridgehead atoms. The number of benzene rings is 4. The fourth-order valence-corrected chi connectivity index (χ4v) is 11.4. The quantitative estimate of drug-likeness (QED) is 0.231. The van der Waals surface area contributed by atoms with Gasteiger partial charge in [0, 0.05) is 41.2 Å². The number of hydrogen-bond acceptors (Lipinski definition) is 2. The molecule has 0 aliphatic carbocycles. The Labute approximate surface area is 206 Å². The zero-order valence-electron chi connectivity index (χ0n) is 18.4. The van der Waals surface area contributed by atoms with Gasteiger partial charge in [0.2, 0.25) is 0 Å². The molecule has 0 spiro atoms. The Hall–Kier alpha value is -3.16. The minimum absolute atomic E-state index is 1.28. The van der Waals surface area contributed by atoms with Crippen molar-refractivity contribution in [3.63, 3.8) is 0 Å². The molecule has 6 aromatic rings. The highest BCUT2D eigenvalue weighted by Gasteiger charge is 2.36. The highest BCUT2D eigenvalue weighted by Crippen LogP contribution is 2.66. The molecular weight excluding hydrogens is 467 g/mol. The van der Waals surface area contributed by atoms with E-state index in [-0.39, 0.29) is 0 Å². The number of hydrogen-bond donors (Lipinski definition) is 0. The van der Waals surface area contributed by atoms with Crippen LogP contribution >= 0.6 is 29.6 Å². The molecule has 0 radical (unpaired) electrons. The third-order valence-corrected chi connectivity index (χ3v) is 12.4. The van der Waals surface area contributed by atoms with E-state index >= 15 is 0 Å². The predicted octanol–water partition coefficient (Wildman–Crippen LogP) is 7.22. The average molecular weight is 489 g/mol. The second-order valence-electron chi connectivity index (χ2n) is 8.65. The minimum atomic E-state index is -2.18. The fourth-order valence-electron chi connectivity index (χ4n) is 5.46. The van der Waals surface area contributed by atoms with Crippen LogP contribution in [0.25, 0.3) is 30.8 Å². The van der Waals surface area contributed by atoms with Gasteiger partial charge in [0.1, 0.15) is 0 Å². The molecule has 3 heterocycles. The lowest BCUT2D eigenvalue weighted by atomic mass is 10.1. The van der Waals surface area contributed by atoms with Gasteiger partial charge in [0.25, 0.3) is 0 Å². The van der Waals surface area contributed by atoms with Crippen molar-refractivity contribution in [2.45, 2.75) is 0 Å². The van der Waals surface area contributed by atoms with Crippen LogP contribution in [0.15, 0.2) is 114 Å². The molecule has 7 rings (SSSR count). The minimum Gasteiger partial charge on any atom is -0.143 e. The molecule has 0 N–H and O–H groups in total. The van der Waals surface area contributed by atoms with Gasteiger partial charge in [-0.25, -0.2) is 0 Å². The van der Waals surface area contributed by atoms with Gasteiger partial charge < -0.3 is 0 Å². The van der Waals surface area contributed by atoms with Gasteiger partial charge in [0.05, 0.1) is 0 Å². The number of thiophene rings is 2. The van der Waals surface area contributed by atoms with E-state index in [1.165, 1.54) is 57.7 Å². The molecular formula is C31H21PS2. The van der Waals surface area contributed by atoms with Gasteiger partial charge in [-0.3, -0.25) is 0 Å². The molecule has 3 heteroatoms. The Bertz CT molecular complexity index is 1740. The van der Waals surface area contributed by atoms with Crippen LogP contribution in [0.4, 0.5) is 0 Å². The van der Waals surface area contributed by atoms with Crippen molar-refractivity contribution >= 4 is 72.0 Å². The summed E-state index contributed by atoms with van der Waals surface area (Å²) in [5.41, 5.74) is 2.57. The summed E-state index contributed by atoms with van der Waals surface area (Å²) in [5, 5.41) is 14.2. The lowest BCUT2D eigenvalue weighted by molar-refractivity contribution is 1.60. The van der Waals surface area contributed by atoms with E-state index in [1.54, 1.807) is 0 Å². The van der Waals surface area contributed by atoms with Crippen LogP contribution in [0.2, 0.25) is 0 Å². The van der Waals surface area contributed by atoms with E-state index in [9.17, 15) is 0 Å². The number of rotatable bonds is 3. The molecule has 34 heavy (non-hydrogen) atoms. The van der Waals surface area contributed by atoms with E-state index in [0.29, 0.717) is 0 Å². The van der Waals surface area contributed by atoms with Gasteiger partial charge >= 0.3 is 0 Å². The summed E-state index contributed by atoms with van der Waals surface area (Å²) < 4.78 is 2.77. The Kier molecular flexibility index (Phi) is 4.57. The molecule has 4 aromatic carbocycles. The average Bonchev–Trinajstić information content (AvgIpc) is 3.62. The van der Waals surface area contributed by atoms with Crippen molar-refractivity contribution in [1.82, 2.24) is 0 Å². The normalized spacial score (nSPS) is 14.7. The summed E-state index contributed by atoms with van der Waals surface area (Å²) in [6, 6.07) is 37.5. The fraction of sp³-hybridized carbons (Fsp3) is 0. The monoisotopic (exact) mass is 488 g/mol. The molecule has 0 saturated heterocycles. The van der Waals surface area contributed by atoms with Gasteiger partial charge in [-0.05, 0) is 46.2 Å². The Balaban J connectivity index is 1.84. The zero-order valence-corrected chi connectivity index (χ0v) is 21.0. The molecule has 162 valence electrons. The predicted molar refractivity (Wildman–Crippen MR) is 154 cm³/mol. The summed E-state index contributed by atoms with van der Waals surface area (Å²) in [4.78, 5) is 0. The summed E-state index contributed by atoms with van der Waals surface area (Å²) in [7, 11) is 0. The summed E-state index contributed by atoms with van der Waals surface area (Å²) in [6.07, 6.45) is 5.20. The Morgan fingerprint density at radius 3 is 1.35 bits per heavy atom. The summed E-state index contributed by atoms with van der Waals surface area (Å²) in [5.74, 6) is 0. The molecule has 1 aliphatic rings. The third kappa shape index (κ3) is 2.71. The molecule has 0 amide bonds. The summed E-state index contributed by atoms with van der Waals surface area (Å²) in [6.45, 7) is -2.18. The van der Waals surface area contributed by atoms with Gasteiger partial charge in [-0.1, -0.05) is 97.3 Å². The second-order valence-corrected chi connectivity index (χ2v) is 13.5. The van der Waals surface area contributed by atoms with Crippen molar-refractivity contribution < 1.29 is 0 Å². The molecule has 0 saturated carbocycles. The number of fused-ring (bicyclic) bond motifs is 6. The van der Waals surface area contributed by atoms with Crippen molar-refractivity contribution in [3.05, 3.63) is 135 Å². The van der Waals surface area contributed by atoms with Crippen molar-refractivity contribution in [3.8, 4) is 0 Å². The topological polar surface area (TPSA) is 0 Å². The molecule has 0 unspecified atom stereocenters. The first-order valence-corrected chi connectivity index (χ1v) is 15.1. The summed E-state index contributed by atoms with van der Waals surface area (Å²) >= 11 is 3.73. The standard InChI is InChI=1S/C31H21PS2/c1-32(23-15-9-4-10-16-23)28(21-11-5-2-6-12-21)26-27(29(32)22-13-7-3-8-14-22)31-25(18-20-34-31)24-17-19-33-30(24)26/h2-20H,1H2. The van der Waals surface area contributed by atoms with Gasteiger partial charge in [-0.2, -0.15) is 0 Å². The van der Waals surface area contributed by atoms with E-state index in [0.717, 1.165) is 0 Å². The Morgan fingerprint density at radius 2 is 0.912 bits per heavy atom. The van der Waals surface area contributed by atoms with E-state index < -0.39 is 6.89 Å². The maximum Gasteiger partial charge on any atom is 0.0435 e. The highest BCUT2D eigenvalue weighted by atomic mass is 32.1. The van der Waals surface area contributed by atoms with Crippen LogP contribution < -0.4 is 15.7 Å². The largest absolute Gasteiger partial charge is 0.143 e. The van der Waals surface area contributed by atoms with Crippen LogP contribution in [0.1, 0.15) is 11.1 Å². The molecule has 0 fully saturated rings. The first-order valence-electron chi connectivity index (χ1n) is 11.3. The van der Waals surface area contributed by atoms with Crippen LogP contribution in [-0.4, -0.2) is 6.30 Å². The lowest BCUT2D eigenvalue weighted by Gasteiger charge is -2.28. The van der Waals surface area contributed by atoms with Crippen LogP contribution in [0.3, 0.4) is 0 Å². The SMILES string of the molecule is C=P1(c2ccccc2)C(c2ccccc2)=c2c(c3sccc3c3ccsc23)=C1c1ccccc1. The van der Waals surface area contributed by atoms with Gasteiger partial charge in [-0.15, -0.1) is 22.7 Å². The van der Waals surface area contributed by atoms with Gasteiger partial charge in [0.15, 0.2) is 0 Å². The lowest BCUT2D eigenvalue weighted by Crippen LogP contribution is -2.25. The Morgan fingerprint density at radius 1 is 0.500 bits per heavy atom. The van der Waals surface area contributed by atoms with E-state index in [2.05, 4.69) is 114 Å². The molecule has 0 atom stereocenters. The first kappa shape index (κ1) is 20.2. The highest BCUT2D eigenvalue weighted by molar-refractivity contribution is 7.97. The maximum absolute atomic E-state index is 5.20. The molecule has 1 aliphatic heterocycles. The third-order valence-electron chi connectivity index (χ3n) is 6.85. The first-order chi connectivity index (χ1) is 16.8. The van der Waals surface area contributed by atoms with Crippen LogP contribution in [0.5, 0.6) is 0 Å².